The summed E-state index contributed by atoms with van der Waals surface area (Å²) in [5.74, 6) is 1.63. The largest absolute Gasteiger partial charge is 0.361 e. The van der Waals surface area contributed by atoms with Crippen molar-refractivity contribution in [2.45, 2.75) is 46.6 Å². The second-order valence-electron chi connectivity index (χ2n) is 8.48. The lowest BCUT2D eigenvalue weighted by Gasteiger charge is -2.30. The maximum Gasteiger partial charge on any atom is 0.141 e. The standard InChI is InChI=1S/C23H27N5O2/c1-13-21(15(3)29-25-13)17-10-19(22-14(2)26-30-16(22)4)23-20(11-17)28(12-24-23)18-6-8-27(5)9-7-18/h10-12,18H,6-9H2,1-5H3. The highest BCUT2D eigenvalue weighted by molar-refractivity contribution is 5.97. The van der Waals surface area contributed by atoms with Crippen molar-refractivity contribution in [3.63, 3.8) is 0 Å². The van der Waals surface area contributed by atoms with Gasteiger partial charge >= 0.3 is 0 Å². The molecule has 5 rings (SSSR count). The smallest absolute Gasteiger partial charge is 0.141 e. The van der Waals surface area contributed by atoms with Gasteiger partial charge in [-0.05, 0) is 78.4 Å². The van der Waals surface area contributed by atoms with Gasteiger partial charge in [-0.2, -0.15) is 0 Å². The van der Waals surface area contributed by atoms with E-state index in [0.717, 1.165) is 82.1 Å². The van der Waals surface area contributed by atoms with Crippen molar-refractivity contribution in [1.82, 2.24) is 24.8 Å². The van der Waals surface area contributed by atoms with Gasteiger partial charge in [-0.1, -0.05) is 10.3 Å². The lowest BCUT2D eigenvalue weighted by Crippen LogP contribution is -2.31. The van der Waals surface area contributed by atoms with Crippen LogP contribution in [-0.4, -0.2) is 44.9 Å². The van der Waals surface area contributed by atoms with E-state index in [9.17, 15) is 0 Å². The number of fused-ring (bicyclic) bond motifs is 1. The minimum absolute atomic E-state index is 0.448. The Bertz CT molecular complexity index is 1190. The molecule has 0 amide bonds. The fourth-order valence-corrected chi connectivity index (χ4v) is 4.80. The van der Waals surface area contributed by atoms with Gasteiger partial charge in [0.15, 0.2) is 0 Å². The van der Waals surface area contributed by atoms with E-state index in [4.69, 9.17) is 14.0 Å². The Morgan fingerprint density at radius 3 is 2.13 bits per heavy atom. The molecule has 1 aliphatic heterocycles. The van der Waals surface area contributed by atoms with Gasteiger partial charge in [-0.15, -0.1) is 0 Å². The quantitative estimate of drug-likeness (QED) is 0.485. The third-order valence-corrected chi connectivity index (χ3v) is 6.39. The van der Waals surface area contributed by atoms with Gasteiger partial charge in [-0.25, -0.2) is 4.98 Å². The zero-order chi connectivity index (χ0) is 21.0. The number of hydrogen-bond donors (Lipinski definition) is 0. The molecule has 3 aromatic heterocycles. The van der Waals surface area contributed by atoms with Crippen LogP contribution in [0.2, 0.25) is 0 Å². The average molecular weight is 406 g/mol. The van der Waals surface area contributed by atoms with Crippen molar-refractivity contribution in [3.05, 3.63) is 41.4 Å². The summed E-state index contributed by atoms with van der Waals surface area (Å²) >= 11 is 0. The average Bonchev–Trinajstić information content (AvgIpc) is 3.39. The maximum absolute atomic E-state index is 5.49. The maximum atomic E-state index is 5.49. The summed E-state index contributed by atoms with van der Waals surface area (Å²) in [6, 6.07) is 4.85. The molecule has 7 nitrogen and oxygen atoms in total. The summed E-state index contributed by atoms with van der Waals surface area (Å²) in [4.78, 5) is 7.25. The fraction of sp³-hybridized carbons (Fsp3) is 0.435. The van der Waals surface area contributed by atoms with E-state index in [2.05, 4.69) is 39.0 Å². The molecular formula is C23H27N5O2. The Labute approximate surface area is 175 Å². The predicted octanol–water partition coefficient (Wildman–Crippen LogP) is 4.85. The third kappa shape index (κ3) is 2.96. The molecule has 0 N–H and O–H groups in total. The van der Waals surface area contributed by atoms with E-state index < -0.39 is 0 Å². The molecule has 1 fully saturated rings. The molecule has 0 atom stereocenters. The zero-order valence-electron chi connectivity index (χ0n) is 18.2. The van der Waals surface area contributed by atoms with Crippen molar-refractivity contribution in [2.24, 2.45) is 0 Å². The van der Waals surface area contributed by atoms with Gasteiger partial charge < -0.3 is 18.5 Å². The number of aromatic nitrogens is 4. The molecule has 0 aliphatic carbocycles. The van der Waals surface area contributed by atoms with Gasteiger partial charge in [0.2, 0.25) is 0 Å². The first kappa shape index (κ1) is 19.1. The number of piperidine rings is 1. The van der Waals surface area contributed by atoms with Crippen molar-refractivity contribution in [3.8, 4) is 22.3 Å². The van der Waals surface area contributed by atoms with Crippen LogP contribution in [0, 0.1) is 27.7 Å². The van der Waals surface area contributed by atoms with E-state index in [0.29, 0.717) is 6.04 Å². The number of likely N-dealkylation sites (tertiary alicyclic amines) is 1. The van der Waals surface area contributed by atoms with Crippen LogP contribution in [0.4, 0.5) is 0 Å². The van der Waals surface area contributed by atoms with E-state index in [1.165, 1.54) is 0 Å². The Morgan fingerprint density at radius 2 is 1.53 bits per heavy atom. The van der Waals surface area contributed by atoms with Crippen molar-refractivity contribution >= 4 is 11.0 Å². The molecule has 4 heterocycles. The molecule has 0 spiro atoms. The Kier molecular flexibility index (Phi) is 4.50. The molecule has 0 bridgehead atoms. The van der Waals surface area contributed by atoms with Crippen LogP contribution in [0.1, 0.15) is 41.8 Å². The summed E-state index contributed by atoms with van der Waals surface area (Å²) in [6.07, 6.45) is 4.25. The summed E-state index contributed by atoms with van der Waals surface area (Å²) in [5, 5.41) is 8.36. The number of hydrogen-bond acceptors (Lipinski definition) is 6. The third-order valence-electron chi connectivity index (χ3n) is 6.39. The monoisotopic (exact) mass is 405 g/mol. The SMILES string of the molecule is Cc1noc(C)c1-c1cc(-c2c(C)noc2C)c2ncn(C3CCN(C)CC3)c2c1. The lowest BCUT2D eigenvalue weighted by atomic mass is 9.95. The van der Waals surface area contributed by atoms with Gasteiger partial charge in [0.25, 0.3) is 0 Å². The number of benzene rings is 1. The Morgan fingerprint density at radius 1 is 0.900 bits per heavy atom. The van der Waals surface area contributed by atoms with Crippen molar-refractivity contribution < 1.29 is 9.05 Å². The molecule has 30 heavy (non-hydrogen) atoms. The van der Waals surface area contributed by atoms with Crippen LogP contribution in [0.25, 0.3) is 33.3 Å². The summed E-state index contributed by atoms with van der Waals surface area (Å²) in [7, 11) is 2.19. The van der Waals surface area contributed by atoms with Crippen LogP contribution in [-0.2, 0) is 0 Å². The van der Waals surface area contributed by atoms with Crippen LogP contribution >= 0.6 is 0 Å². The zero-order valence-corrected chi connectivity index (χ0v) is 18.2. The van der Waals surface area contributed by atoms with Gasteiger partial charge in [-0.3, -0.25) is 0 Å². The van der Waals surface area contributed by atoms with Crippen LogP contribution in [0.3, 0.4) is 0 Å². The molecule has 156 valence electrons. The highest BCUT2D eigenvalue weighted by atomic mass is 16.5. The number of nitrogens with zero attached hydrogens (tertiary/aromatic N) is 5. The minimum Gasteiger partial charge on any atom is -0.361 e. The lowest BCUT2D eigenvalue weighted by molar-refractivity contribution is 0.223. The van der Waals surface area contributed by atoms with Crippen molar-refractivity contribution in [1.29, 1.82) is 0 Å². The molecule has 1 aromatic carbocycles. The number of rotatable bonds is 3. The topological polar surface area (TPSA) is 73.1 Å². The van der Waals surface area contributed by atoms with Crippen molar-refractivity contribution in [2.75, 3.05) is 20.1 Å². The molecule has 0 radical (unpaired) electrons. The second-order valence-corrected chi connectivity index (χ2v) is 8.48. The van der Waals surface area contributed by atoms with Crippen LogP contribution in [0.15, 0.2) is 27.5 Å². The predicted molar refractivity (Wildman–Crippen MR) is 115 cm³/mol. The summed E-state index contributed by atoms with van der Waals surface area (Å²) in [6.45, 7) is 10.1. The second kappa shape index (κ2) is 7.09. The van der Waals surface area contributed by atoms with Gasteiger partial charge in [0, 0.05) is 22.7 Å². The van der Waals surface area contributed by atoms with E-state index in [1.807, 2.05) is 34.0 Å². The van der Waals surface area contributed by atoms with Crippen LogP contribution in [0.5, 0.6) is 0 Å². The molecular weight excluding hydrogens is 378 g/mol. The molecule has 7 heteroatoms. The Hall–Kier alpha value is -2.93. The van der Waals surface area contributed by atoms with E-state index >= 15 is 0 Å². The first-order valence-corrected chi connectivity index (χ1v) is 10.5. The molecule has 0 saturated carbocycles. The highest BCUT2D eigenvalue weighted by Crippen LogP contribution is 2.39. The van der Waals surface area contributed by atoms with Gasteiger partial charge in [0.05, 0.1) is 28.7 Å². The summed E-state index contributed by atoms with van der Waals surface area (Å²) < 4.78 is 13.3. The normalized spacial score (nSPS) is 16.0. The first-order chi connectivity index (χ1) is 14.4. The molecule has 0 unspecified atom stereocenters. The fourth-order valence-electron chi connectivity index (χ4n) is 4.80. The van der Waals surface area contributed by atoms with E-state index in [-0.39, 0.29) is 0 Å². The number of aryl methyl sites for hydroxylation is 4. The summed E-state index contributed by atoms with van der Waals surface area (Å²) in [5.41, 5.74) is 8.08. The first-order valence-electron chi connectivity index (χ1n) is 10.5. The highest BCUT2D eigenvalue weighted by Gasteiger charge is 2.24. The number of imidazole rings is 1. The molecule has 4 aromatic rings. The molecule has 1 saturated heterocycles. The molecule has 1 aliphatic rings. The van der Waals surface area contributed by atoms with Crippen LogP contribution < -0.4 is 0 Å². The van der Waals surface area contributed by atoms with Gasteiger partial charge in [0.1, 0.15) is 11.5 Å². The minimum atomic E-state index is 0.448. The Balaban J connectivity index is 1.76. The van der Waals surface area contributed by atoms with E-state index in [1.54, 1.807) is 0 Å².